The topological polar surface area (TPSA) is 83.7 Å². The van der Waals surface area contributed by atoms with E-state index in [-0.39, 0.29) is 12.6 Å². The fourth-order valence-corrected chi connectivity index (χ4v) is 3.03. The molecule has 0 unspecified atom stereocenters. The molecule has 1 aliphatic carbocycles. The molecule has 0 spiro atoms. The van der Waals surface area contributed by atoms with Crippen molar-refractivity contribution in [2.45, 2.75) is 44.5 Å². The number of furan rings is 1. The third-order valence-corrected chi connectivity index (χ3v) is 4.39. The number of benzene rings is 1. The van der Waals surface area contributed by atoms with E-state index in [0.29, 0.717) is 18.9 Å². The highest BCUT2D eigenvalue weighted by Crippen LogP contribution is 2.28. The van der Waals surface area contributed by atoms with Crippen LogP contribution in [0.4, 0.5) is 10.5 Å². The van der Waals surface area contributed by atoms with E-state index in [1.807, 2.05) is 36.4 Å². The van der Waals surface area contributed by atoms with Crippen LogP contribution in [0, 0.1) is 0 Å². The van der Waals surface area contributed by atoms with E-state index in [0.717, 1.165) is 37.0 Å². The van der Waals surface area contributed by atoms with Crippen molar-refractivity contribution in [1.29, 1.82) is 0 Å². The molecule has 3 rings (SSSR count). The van der Waals surface area contributed by atoms with E-state index in [1.54, 1.807) is 6.26 Å². The number of carbonyl (C=O) groups is 1. The molecule has 6 nitrogen and oxygen atoms in total. The number of carbonyl (C=O) groups excluding carboxylic acids is 1. The second kappa shape index (κ2) is 8.18. The first-order valence-corrected chi connectivity index (χ1v) is 8.59. The Morgan fingerprint density at radius 3 is 2.80 bits per heavy atom. The van der Waals surface area contributed by atoms with Crippen LogP contribution < -0.4 is 10.6 Å². The van der Waals surface area contributed by atoms with Crippen LogP contribution in [0.15, 0.2) is 47.1 Å². The lowest BCUT2D eigenvalue weighted by Gasteiger charge is -2.22. The van der Waals surface area contributed by atoms with Crippen LogP contribution in [0.3, 0.4) is 0 Å². The van der Waals surface area contributed by atoms with Gasteiger partial charge in [-0.05, 0) is 42.7 Å². The highest BCUT2D eigenvalue weighted by atomic mass is 16.5. The molecule has 134 valence electrons. The van der Waals surface area contributed by atoms with Gasteiger partial charge in [-0.2, -0.15) is 0 Å². The third kappa shape index (κ3) is 5.34. The van der Waals surface area contributed by atoms with Gasteiger partial charge in [0.15, 0.2) is 0 Å². The van der Waals surface area contributed by atoms with Gasteiger partial charge in [0, 0.05) is 12.2 Å². The van der Waals surface area contributed by atoms with Crippen LogP contribution in [-0.4, -0.2) is 23.3 Å². The Hall–Kier alpha value is -2.31. The van der Waals surface area contributed by atoms with Crippen molar-refractivity contribution >= 4 is 11.7 Å². The monoisotopic (exact) mass is 344 g/mol. The average Bonchev–Trinajstić information content (AvgIpc) is 3.26. The molecule has 6 heteroatoms. The summed E-state index contributed by atoms with van der Waals surface area (Å²) in [5, 5.41) is 15.8. The lowest BCUT2D eigenvalue weighted by atomic mass is 10.0. The zero-order chi connectivity index (χ0) is 17.5. The van der Waals surface area contributed by atoms with Gasteiger partial charge in [0.1, 0.15) is 12.4 Å². The number of urea groups is 1. The zero-order valence-corrected chi connectivity index (χ0v) is 14.2. The summed E-state index contributed by atoms with van der Waals surface area (Å²) >= 11 is 0. The molecule has 1 aliphatic rings. The fraction of sp³-hybridized carbons (Fsp3) is 0.421. The molecule has 0 radical (unpaired) electrons. The SMILES string of the molecule is O=C(NCC1(O)CCCC1)Nc1cccc(COCc2ccco2)c1. The first kappa shape index (κ1) is 17.5. The van der Waals surface area contributed by atoms with Crippen molar-refractivity contribution in [1.82, 2.24) is 5.32 Å². The molecule has 1 saturated carbocycles. The predicted molar refractivity (Wildman–Crippen MR) is 94.1 cm³/mol. The smallest absolute Gasteiger partial charge is 0.319 e. The van der Waals surface area contributed by atoms with Gasteiger partial charge >= 0.3 is 6.03 Å². The molecule has 25 heavy (non-hydrogen) atoms. The van der Waals surface area contributed by atoms with Gasteiger partial charge in [-0.3, -0.25) is 0 Å². The summed E-state index contributed by atoms with van der Waals surface area (Å²) in [6.07, 6.45) is 5.13. The van der Waals surface area contributed by atoms with Gasteiger partial charge in [-0.25, -0.2) is 4.79 Å². The Kier molecular flexibility index (Phi) is 5.73. The number of hydrogen-bond acceptors (Lipinski definition) is 4. The van der Waals surface area contributed by atoms with E-state index in [1.165, 1.54) is 0 Å². The molecule has 1 heterocycles. The number of aliphatic hydroxyl groups is 1. The summed E-state index contributed by atoms with van der Waals surface area (Å²) in [5.41, 5.74) is 0.896. The fourth-order valence-electron chi connectivity index (χ4n) is 3.03. The summed E-state index contributed by atoms with van der Waals surface area (Å²) in [4.78, 5) is 12.0. The minimum absolute atomic E-state index is 0.283. The Morgan fingerprint density at radius 1 is 1.20 bits per heavy atom. The predicted octanol–water partition coefficient (Wildman–Crippen LogP) is 3.42. The molecular weight excluding hydrogens is 320 g/mol. The Bertz CT molecular complexity index is 678. The first-order chi connectivity index (χ1) is 12.1. The minimum Gasteiger partial charge on any atom is -0.467 e. The summed E-state index contributed by atoms with van der Waals surface area (Å²) in [6.45, 7) is 1.12. The van der Waals surface area contributed by atoms with E-state index >= 15 is 0 Å². The third-order valence-electron chi connectivity index (χ3n) is 4.39. The van der Waals surface area contributed by atoms with E-state index in [4.69, 9.17) is 9.15 Å². The number of amides is 2. The maximum absolute atomic E-state index is 12.0. The van der Waals surface area contributed by atoms with Crippen molar-refractivity contribution in [3.63, 3.8) is 0 Å². The highest BCUT2D eigenvalue weighted by molar-refractivity contribution is 5.89. The van der Waals surface area contributed by atoms with Crippen LogP contribution in [-0.2, 0) is 18.0 Å². The maximum Gasteiger partial charge on any atom is 0.319 e. The molecule has 2 amide bonds. The van der Waals surface area contributed by atoms with E-state index in [2.05, 4.69) is 10.6 Å². The second-order valence-electron chi connectivity index (χ2n) is 6.51. The Morgan fingerprint density at radius 2 is 2.04 bits per heavy atom. The highest BCUT2D eigenvalue weighted by Gasteiger charge is 2.31. The van der Waals surface area contributed by atoms with Gasteiger partial charge in [0.25, 0.3) is 0 Å². The van der Waals surface area contributed by atoms with Gasteiger partial charge in [0.05, 0.1) is 18.5 Å². The molecule has 2 aromatic rings. The van der Waals surface area contributed by atoms with Crippen LogP contribution >= 0.6 is 0 Å². The Labute approximate surface area is 147 Å². The lowest BCUT2D eigenvalue weighted by molar-refractivity contribution is 0.0506. The van der Waals surface area contributed by atoms with Crippen molar-refractivity contribution < 1.29 is 19.1 Å². The molecule has 3 N–H and O–H groups in total. The standard InChI is InChI=1S/C19H24N2O4/c22-18(20-14-19(23)8-1-2-9-19)21-16-6-3-5-15(11-16)12-24-13-17-7-4-10-25-17/h3-7,10-11,23H,1-2,8-9,12-14H2,(H2,20,21,22). The summed E-state index contributed by atoms with van der Waals surface area (Å²) in [7, 11) is 0. The average molecular weight is 344 g/mol. The van der Waals surface area contributed by atoms with Crippen LogP contribution in [0.5, 0.6) is 0 Å². The van der Waals surface area contributed by atoms with Crippen molar-refractivity contribution in [3.8, 4) is 0 Å². The molecule has 1 fully saturated rings. The van der Waals surface area contributed by atoms with Crippen LogP contribution in [0.1, 0.15) is 37.0 Å². The van der Waals surface area contributed by atoms with Gasteiger partial charge in [-0.1, -0.05) is 25.0 Å². The molecule has 0 saturated heterocycles. The van der Waals surface area contributed by atoms with Crippen LogP contribution in [0.2, 0.25) is 0 Å². The molecule has 0 aliphatic heterocycles. The maximum atomic E-state index is 12.0. The molecule has 0 atom stereocenters. The first-order valence-electron chi connectivity index (χ1n) is 8.59. The number of ether oxygens (including phenoxy) is 1. The normalized spacial score (nSPS) is 15.9. The molecule has 1 aromatic carbocycles. The number of hydrogen-bond donors (Lipinski definition) is 3. The van der Waals surface area contributed by atoms with E-state index < -0.39 is 5.60 Å². The quantitative estimate of drug-likeness (QED) is 0.718. The molecular formula is C19H24N2O4. The van der Waals surface area contributed by atoms with Gasteiger partial charge in [0.2, 0.25) is 0 Å². The lowest BCUT2D eigenvalue weighted by Crippen LogP contribution is -2.42. The van der Waals surface area contributed by atoms with Crippen molar-refractivity contribution in [2.75, 3.05) is 11.9 Å². The molecule has 1 aromatic heterocycles. The van der Waals surface area contributed by atoms with Crippen molar-refractivity contribution in [3.05, 3.63) is 54.0 Å². The van der Waals surface area contributed by atoms with E-state index in [9.17, 15) is 9.90 Å². The largest absolute Gasteiger partial charge is 0.467 e. The van der Waals surface area contributed by atoms with Gasteiger partial charge in [-0.15, -0.1) is 0 Å². The summed E-state index contributed by atoms with van der Waals surface area (Å²) in [5.74, 6) is 0.776. The van der Waals surface area contributed by atoms with Gasteiger partial charge < -0.3 is 24.9 Å². The number of nitrogens with one attached hydrogen (secondary N) is 2. The van der Waals surface area contributed by atoms with Crippen molar-refractivity contribution in [2.24, 2.45) is 0 Å². The number of anilines is 1. The summed E-state index contributed by atoms with van der Waals surface area (Å²) < 4.78 is 10.8. The minimum atomic E-state index is -0.751. The van der Waals surface area contributed by atoms with Crippen LogP contribution in [0.25, 0.3) is 0 Å². The second-order valence-corrected chi connectivity index (χ2v) is 6.51. The molecule has 0 bridgehead atoms. The Balaban J connectivity index is 1.44. The summed E-state index contributed by atoms with van der Waals surface area (Å²) in [6, 6.07) is 10.9. The number of rotatable bonds is 7. The zero-order valence-electron chi connectivity index (χ0n) is 14.2.